The van der Waals surface area contributed by atoms with Gasteiger partial charge in [-0.15, -0.1) is 0 Å². The predicted molar refractivity (Wildman–Crippen MR) is 120 cm³/mol. The molecule has 0 heterocycles. The van der Waals surface area contributed by atoms with Gasteiger partial charge in [0.05, 0.1) is 13.0 Å². The van der Waals surface area contributed by atoms with Crippen LogP contribution in [-0.2, 0) is 14.4 Å². The lowest BCUT2D eigenvalue weighted by Gasteiger charge is -2.20. The summed E-state index contributed by atoms with van der Waals surface area (Å²) in [6, 6.07) is 13.9. The molecule has 0 unspecified atom stereocenters. The molecular formula is C24H20N2O7. The predicted octanol–water partition coefficient (Wildman–Crippen LogP) is 1.72. The van der Waals surface area contributed by atoms with Crippen molar-refractivity contribution in [3.63, 3.8) is 0 Å². The second-order valence-corrected chi connectivity index (χ2v) is 7.68. The highest BCUT2D eigenvalue weighted by Crippen LogP contribution is 2.35. The maximum absolute atomic E-state index is 13.0. The van der Waals surface area contributed by atoms with Crippen LogP contribution < -0.4 is 10.6 Å². The molecule has 9 nitrogen and oxygen atoms in total. The largest absolute Gasteiger partial charge is 0.481 e. The normalized spacial score (nSPS) is 13.1. The van der Waals surface area contributed by atoms with Crippen LogP contribution in [-0.4, -0.2) is 57.8 Å². The summed E-state index contributed by atoms with van der Waals surface area (Å²) in [6.45, 7) is -0.803. The molecule has 0 radical (unpaired) electrons. The molecule has 0 aliphatic rings. The van der Waals surface area contributed by atoms with Crippen molar-refractivity contribution in [1.29, 1.82) is 0 Å². The summed E-state index contributed by atoms with van der Waals surface area (Å²) < 4.78 is 0. The highest BCUT2D eigenvalue weighted by atomic mass is 16.4. The maximum Gasteiger partial charge on any atom is 0.326 e. The molecule has 9 heteroatoms. The zero-order valence-electron chi connectivity index (χ0n) is 17.2. The molecule has 0 bridgehead atoms. The van der Waals surface area contributed by atoms with E-state index in [1.807, 2.05) is 47.8 Å². The third kappa shape index (κ3) is 4.13. The molecule has 0 saturated carbocycles. The van der Waals surface area contributed by atoms with Crippen molar-refractivity contribution in [2.24, 2.45) is 0 Å². The molecular weight excluding hydrogens is 428 g/mol. The van der Waals surface area contributed by atoms with Gasteiger partial charge < -0.3 is 26.0 Å². The first-order valence-electron chi connectivity index (χ1n) is 10.1. The molecule has 2 amide bonds. The molecule has 4 aromatic carbocycles. The number of hydrogen-bond donors (Lipinski definition) is 5. The number of carboxylic acid groups (broad SMARTS) is 2. The summed E-state index contributed by atoms with van der Waals surface area (Å²) in [4.78, 5) is 47.5. The first kappa shape index (κ1) is 22.0. The first-order valence-corrected chi connectivity index (χ1v) is 10.1. The van der Waals surface area contributed by atoms with Gasteiger partial charge in [0.1, 0.15) is 12.1 Å². The maximum atomic E-state index is 13.0. The average Bonchev–Trinajstić information content (AvgIpc) is 2.79. The molecule has 0 fully saturated rings. The Balaban J connectivity index is 1.64. The summed E-state index contributed by atoms with van der Waals surface area (Å²) in [7, 11) is 0. The molecule has 4 aromatic rings. The van der Waals surface area contributed by atoms with Gasteiger partial charge in [-0.1, -0.05) is 48.5 Å². The number of carboxylic acids is 2. The Morgan fingerprint density at radius 1 is 0.758 bits per heavy atom. The van der Waals surface area contributed by atoms with Crippen molar-refractivity contribution in [2.75, 3.05) is 6.61 Å². The lowest BCUT2D eigenvalue weighted by Crippen LogP contribution is -2.53. The molecule has 0 spiro atoms. The highest BCUT2D eigenvalue weighted by Gasteiger charge is 2.28. The van der Waals surface area contributed by atoms with Crippen LogP contribution in [0.25, 0.3) is 32.3 Å². The van der Waals surface area contributed by atoms with Gasteiger partial charge in [0.15, 0.2) is 0 Å². The number of rotatable bonds is 8. The number of nitrogens with one attached hydrogen (secondary N) is 2. The van der Waals surface area contributed by atoms with Crippen LogP contribution in [0.15, 0.2) is 54.6 Å². The zero-order valence-corrected chi connectivity index (χ0v) is 17.2. The van der Waals surface area contributed by atoms with Crippen molar-refractivity contribution < 1.29 is 34.5 Å². The van der Waals surface area contributed by atoms with Crippen molar-refractivity contribution in [3.8, 4) is 0 Å². The third-order valence-corrected chi connectivity index (χ3v) is 5.57. The van der Waals surface area contributed by atoms with E-state index in [0.717, 1.165) is 26.9 Å². The zero-order chi connectivity index (χ0) is 23.7. The minimum Gasteiger partial charge on any atom is -0.481 e. The fraction of sp³-hybridized carbons (Fsp3) is 0.167. The number of benzene rings is 4. The van der Waals surface area contributed by atoms with E-state index in [1.54, 1.807) is 12.1 Å². The van der Waals surface area contributed by atoms with Gasteiger partial charge in [0.2, 0.25) is 5.91 Å². The topological polar surface area (TPSA) is 153 Å². The van der Waals surface area contributed by atoms with Crippen molar-refractivity contribution in [2.45, 2.75) is 18.5 Å². The van der Waals surface area contributed by atoms with Crippen LogP contribution in [0.5, 0.6) is 0 Å². The molecule has 0 aromatic heterocycles. The van der Waals surface area contributed by atoms with Crippen LogP contribution in [0, 0.1) is 0 Å². The molecule has 4 rings (SSSR count). The summed E-state index contributed by atoms with van der Waals surface area (Å²) in [5.74, 6) is -4.59. The fourth-order valence-corrected chi connectivity index (χ4v) is 4.01. The van der Waals surface area contributed by atoms with Crippen LogP contribution in [0.2, 0.25) is 0 Å². The average molecular weight is 448 g/mol. The van der Waals surface area contributed by atoms with E-state index in [9.17, 15) is 24.3 Å². The second kappa shape index (κ2) is 8.71. The van der Waals surface area contributed by atoms with Crippen molar-refractivity contribution in [1.82, 2.24) is 10.6 Å². The van der Waals surface area contributed by atoms with E-state index in [-0.39, 0.29) is 5.56 Å². The Labute approximate surface area is 187 Å². The van der Waals surface area contributed by atoms with E-state index in [2.05, 4.69) is 5.32 Å². The van der Waals surface area contributed by atoms with Gasteiger partial charge >= 0.3 is 11.9 Å². The summed E-state index contributed by atoms with van der Waals surface area (Å²) >= 11 is 0. The number of aliphatic carboxylic acids is 2. The van der Waals surface area contributed by atoms with Crippen LogP contribution in [0.3, 0.4) is 0 Å². The van der Waals surface area contributed by atoms with Crippen LogP contribution in [0.4, 0.5) is 0 Å². The van der Waals surface area contributed by atoms with Gasteiger partial charge in [-0.2, -0.15) is 0 Å². The molecule has 168 valence electrons. The lowest BCUT2D eigenvalue weighted by atomic mass is 9.92. The number of aliphatic hydroxyl groups excluding tert-OH is 1. The van der Waals surface area contributed by atoms with E-state index in [0.29, 0.717) is 5.39 Å². The lowest BCUT2D eigenvalue weighted by molar-refractivity contribution is -0.147. The van der Waals surface area contributed by atoms with E-state index >= 15 is 0 Å². The van der Waals surface area contributed by atoms with Gasteiger partial charge in [0.25, 0.3) is 5.91 Å². The second-order valence-electron chi connectivity index (χ2n) is 7.68. The van der Waals surface area contributed by atoms with Gasteiger partial charge in [0, 0.05) is 5.56 Å². The highest BCUT2D eigenvalue weighted by molar-refractivity contribution is 6.26. The standard InChI is InChI=1S/C24H20N2O7/c27-11-18(23(31)25-17(24(32)33)10-19(28)29)26-22(30)16-9-7-14-5-4-12-2-1-3-13-6-8-15(16)21(14)20(12)13/h1-9,17-18,27H,10-11H2,(H,25,31)(H,26,30)(H,28,29)(H,32,33)/t17-,18-/m0/s1. The smallest absolute Gasteiger partial charge is 0.326 e. The molecule has 0 aliphatic heterocycles. The molecule has 2 atom stereocenters. The van der Waals surface area contributed by atoms with Gasteiger partial charge in [-0.3, -0.25) is 14.4 Å². The Morgan fingerprint density at radius 2 is 1.36 bits per heavy atom. The van der Waals surface area contributed by atoms with E-state index in [4.69, 9.17) is 10.2 Å². The summed E-state index contributed by atoms with van der Waals surface area (Å²) in [5.41, 5.74) is 0.285. The SMILES string of the molecule is O=C(O)C[C@H](NC(=O)[C@H](CO)NC(=O)c1ccc2ccc3cccc4ccc1c2c34)C(=O)O. The Morgan fingerprint density at radius 3 is 1.97 bits per heavy atom. The van der Waals surface area contributed by atoms with Gasteiger partial charge in [-0.05, 0) is 38.4 Å². The molecule has 5 N–H and O–H groups in total. The number of aliphatic hydroxyl groups is 1. The van der Waals surface area contributed by atoms with Crippen molar-refractivity contribution >= 4 is 56.1 Å². The van der Waals surface area contributed by atoms with Gasteiger partial charge in [-0.25, -0.2) is 4.79 Å². The van der Waals surface area contributed by atoms with Crippen LogP contribution >= 0.6 is 0 Å². The number of amides is 2. The number of carbonyl (C=O) groups excluding carboxylic acids is 2. The van der Waals surface area contributed by atoms with Crippen molar-refractivity contribution in [3.05, 3.63) is 60.2 Å². The third-order valence-electron chi connectivity index (χ3n) is 5.57. The number of carbonyl (C=O) groups is 4. The first-order chi connectivity index (χ1) is 15.8. The summed E-state index contributed by atoms with van der Waals surface area (Å²) in [5, 5.41) is 37.6. The monoisotopic (exact) mass is 448 g/mol. The fourth-order valence-electron chi connectivity index (χ4n) is 4.01. The molecule has 0 aliphatic carbocycles. The van der Waals surface area contributed by atoms with E-state index < -0.39 is 48.9 Å². The van der Waals surface area contributed by atoms with E-state index in [1.165, 1.54) is 0 Å². The Kier molecular flexibility index (Phi) is 5.80. The minimum absolute atomic E-state index is 0.285. The number of hydrogen-bond acceptors (Lipinski definition) is 5. The van der Waals surface area contributed by atoms with Crippen LogP contribution in [0.1, 0.15) is 16.8 Å². The Bertz CT molecular complexity index is 1380. The Hall–Kier alpha value is -4.24. The molecule has 33 heavy (non-hydrogen) atoms. The quantitative estimate of drug-likeness (QED) is 0.257. The summed E-state index contributed by atoms with van der Waals surface area (Å²) in [6.07, 6.45) is -0.845. The molecule has 0 saturated heterocycles. The minimum atomic E-state index is -1.70.